The van der Waals surface area contributed by atoms with Crippen LogP contribution in [0.2, 0.25) is 0 Å². The highest BCUT2D eigenvalue weighted by molar-refractivity contribution is 7.90. The summed E-state index contributed by atoms with van der Waals surface area (Å²) in [6.07, 6.45) is 2.34. The number of nitrogens with zero attached hydrogens (tertiary/aromatic N) is 5. The zero-order chi connectivity index (χ0) is 23.4. The summed E-state index contributed by atoms with van der Waals surface area (Å²) in [5, 5.41) is 11.9. The Morgan fingerprint density at radius 1 is 1.00 bits per heavy atom. The third-order valence-corrected chi connectivity index (χ3v) is 6.47. The molecule has 172 valence electrons. The number of piperazine rings is 1. The fraction of sp³-hybridized carbons (Fsp3) is 0.273. The highest BCUT2D eigenvalue weighted by Crippen LogP contribution is 2.36. The van der Waals surface area contributed by atoms with Gasteiger partial charge in [-0.25, -0.2) is 13.4 Å². The molecule has 33 heavy (non-hydrogen) atoms. The summed E-state index contributed by atoms with van der Waals surface area (Å²) in [6.45, 7) is 3.44. The molecule has 1 saturated heterocycles. The van der Waals surface area contributed by atoms with Gasteiger partial charge in [-0.15, -0.1) is 0 Å². The molecule has 0 radical (unpaired) electrons. The van der Waals surface area contributed by atoms with E-state index in [1.165, 1.54) is 36.2 Å². The van der Waals surface area contributed by atoms with Gasteiger partial charge in [0.05, 0.1) is 9.82 Å². The van der Waals surface area contributed by atoms with Crippen molar-refractivity contribution < 1.29 is 18.1 Å². The van der Waals surface area contributed by atoms with Gasteiger partial charge in [0.15, 0.2) is 9.84 Å². The molecule has 0 aliphatic carbocycles. The number of aromatic nitrogens is 2. The predicted octanol–water partition coefficient (Wildman–Crippen LogP) is 2.90. The number of rotatable bonds is 7. The molecule has 3 aromatic rings. The standard InChI is InChI=1S/C22H23N5O5S/c1-33(30,31)19-9-7-18(8-10-19)32-22-20(27(28)29)21(23-16-24-22)26-13-11-25(12-14-26)15-17-5-3-2-4-6-17/h2-10,16H,11-15H2,1H3. The topological polar surface area (TPSA) is 119 Å². The third kappa shape index (κ3) is 5.44. The van der Waals surface area contributed by atoms with Crippen LogP contribution in [0.3, 0.4) is 0 Å². The molecule has 4 rings (SSSR count). The van der Waals surface area contributed by atoms with E-state index in [0.29, 0.717) is 13.1 Å². The van der Waals surface area contributed by atoms with Crippen molar-refractivity contribution in [3.63, 3.8) is 0 Å². The maximum Gasteiger partial charge on any atom is 0.373 e. The van der Waals surface area contributed by atoms with Gasteiger partial charge in [0, 0.05) is 39.0 Å². The first-order valence-corrected chi connectivity index (χ1v) is 12.2. The molecule has 0 N–H and O–H groups in total. The second-order valence-electron chi connectivity index (χ2n) is 7.70. The van der Waals surface area contributed by atoms with E-state index in [1.807, 2.05) is 23.1 Å². The lowest BCUT2D eigenvalue weighted by Gasteiger charge is -2.35. The molecule has 1 aliphatic rings. The van der Waals surface area contributed by atoms with Crippen LogP contribution < -0.4 is 9.64 Å². The first kappa shape index (κ1) is 22.6. The Labute approximate surface area is 191 Å². The highest BCUT2D eigenvalue weighted by atomic mass is 32.2. The number of sulfone groups is 1. The summed E-state index contributed by atoms with van der Waals surface area (Å²) in [5.74, 6) is 0.253. The van der Waals surface area contributed by atoms with E-state index >= 15 is 0 Å². The lowest BCUT2D eigenvalue weighted by molar-refractivity contribution is -0.385. The fourth-order valence-corrected chi connectivity index (χ4v) is 4.28. The molecule has 0 atom stereocenters. The Morgan fingerprint density at radius 2 is 1.67 bits per heavy atom. The number of anilines is 1. The summed E-state index contributed by atoms with van der Waals surface area (Å²) in [7, 11) is -3.36. The molecule has 1 fully saturated rings. The summed E-state index contributed by atoms with van der Waals surface area (Å²) in [6, 6.07) is 15.8. The molecule has 0 amide bonds. The molecular formula is C22H23N5O5S. The van der Waals surface area contributed by atoms with Gasteiger partial charge in [0.25, 0.3) is 0 Å². The summed E-state index contributed by atoms with van der Waals surface area (Å²) >= 11 is 0. The monoisotopic (exact) mass is 469 g/mol. The van der Waals surface area contributed by atoms with Crippen molar-refractivity contribution in [1.29, 1.82) is 0 Å². The zero-order valence-corrected chi connectivity index (χ0v) is 18.8. The van der Waals surface area contributed by atoms with Crippen LogP contribution in [-0.4, -0.2) is 60.6 Å². The van der Waals surface area contributed by atoms with Gasteiger partial charge in [-0.05, 0) is 29.8 Å². The third-order valence-electron chi connectivity index (χ3n) is 5.34. The average molecular weight is 470 g/mol. The van der Waals surface area contributed by atoms with Gasteiger partial charge in [0.1, 0.15) is 12.1 Å². The molecule has 1 aromatic heterocycles. The van der Waals surface area contributed by atoms with Crippen molar-refractivity contribution in [3.8, 4) is 11.6 Å². The number of hydrogen-bond donors (Lipinski definition) is 0. The Hall–Kier alpha value is -3.57. The molecule has 0 saturated carbocycles. The Morgan fingerprint density at radius 3 is 2.27 bits per heavy atom. The number of hydrogen-bond acceptors (Lipinski definition) is 9. The molecule has 2 heterocycles. The van der Waals surface area contributed by atoms with Crippen LogP contribution in [0.4, 0.5) is 11.5 Å². The van der Waals surface area contributed by atoms with E-state index < -0.39 is 14.8 Å². The minimum absolute atomic E-state index is 0.126. The lowest BCUT2D eigenvalue weighted by atomic mass is 10.2. The van der Waals surface area contributed by atoms with Gasteiger partial charge in [-0.1, -0.05) is 30.3 Å². The number of benzene rings is 2. The second-order valence-corrected chi connectivity index (χ2v) is 9.72. The molecule has 0 spiro atoms. The van der Waals surface area contributed by atoms with Gasteiger partial charge in [0.2, 0.25) is 5.82 Å². The smallest absolute Gasteiger partial charge is 0.373 e. The number of nitro groups is 1. The van der Waals surface area contributed by atoms with Crippen molar-refractivity contribution in [1.82, 2.24) is 14.9 Å². The van der Waals surface area contributed by atoms with Gasteiger partial charge in [-0.3, -0.25) is 15.0 Å². The molecular weight excluding hydrogens is 446 g/mol. The van der Waals surface area contributed by atoms with Crippen molar-refractivity contribution in [2.24, 2.45) is 0 Å². The molecule has 0 unspecified atom stereocenters. The van der Waals surface area contributed by atoms with Crippen LogP contribution in [0.1, 0.15) is 5.56 Å². The summed E-state index contributed by atoms with van der Waals surface area (Å²) in [4.78, 5) is 23.8. The normalized spacial score (nSPS) is 14.8. The van der Waals surface area contributed by atoms with E-state index in [2.05, 4.69) is 27.0 Å². The van der Waals surface area contributed by atoms with Crippen LogP contribution in [-0.2, 0) is 16.4 Å². The van der Waals surface area contributed by atoms with E-state index in [9.17, 15) is 18.5 Å². The second kappa shape index (κ2) is 9.51. The predicted molar refractivity (Wildman–Crippen MR) is 122 cm³/mol. The van der Waals surface area contributed by atoms with Crippen LogP contribution in [0.25, 0.3) is 0 Å². The van der Waals surface area contributed by atoms with E-state index in [0.717, 1.165) is 25.9 Å². The molecule has 10 nitrogen and oxygen atoms in total. The first-order valence-electron chi connectivity index (χ1n) is 10.3. The summed E-state index contributed by atoms with van der Waals surface area (Å²) < 4.78 is 28.9. The van der Waals surface area contributed by atoms with Crippen molar-refractivity contribution in [2.75, 3.05) is 37.3 Å². The quantitative estimate of drug-likeness (QED) is 0.380. The molecule has 0 bridgehead atoms. The van der Waals surface area contributed by atoms with E-state index in [1.54, 1.807) is 0 Å². The zero-order valence-electron chi connectivity index (χ0n) is 18.0. The Kier molecular flexibility index (Phi) is 6.52. The summed E-state index contributed by atoms with van der Waals surface area (Å²) in [5.41, 5.74) is 0.901. The highest BCUT2D eigenvalue weighted by Gasteiger charge is 2.30. The van der Waals surface area contributed by atoms with E-state index in [-0.39, 0.29) is 28.0 Å². The molecule has 11 heteroatoms. The Balaban J connectivity index is 1.50. The van der Waals surface area contributed by atoms with Crippen molar-refractivity contribution in [3.05, 3.63) is 76.6 Å². The molecule has 1 aliphatic heterocycles. The van der Waals surface area contributed by atoms with Gasteiger partial charge in [-0.2, -0.15) is 4.98 Å². The van der Waals surface area contributed by atoms with E-state index in [4.69, 9.17) is 4.74 Å². The first-order chi connectivity index (χ1) is 15.8. The minimum atomic E-state index is -3.36. The maximum absolute atomic E-state index is 11.9. The maximum atomic E-state index is 11.9. The van der Waals surface area contributed by atoms with Crippen LogP contribution in [0, 0.1) is 10.1 Å². The average Bonchev–Trinajstić information content (AvgIpc) is 2.80. The van der Waals surface area contributed by atoms with Gasteiger partial charge >= 0.3 is 11.6 Å². The largest absolute Gasteiger partial charge is 0.434 e. The van der Waals surface area contributed by atoms with Crippen LogP contribution >= 0.6 is 0 Å². The molecule has 2 aromatic carbocycles. The SMILES string of the molecule is CS(=O)(=O)c1ccc(Oc2ncnc(N3CCN(Cc4ccccc4)CC3)c2[N+](=O)[O-])cc1. The van der Waals surface area contributed by atoms with Crippen LogP contribution in [0.5, 0.6) is 11.6 Å². The van der Waals surface area contributed by atoms with Crippen molar-refractivity contribution in [2.45, 2.75) is 11.4 Å². The van der Waals surface area contributed by atoms with Crippen molar-refractivity contribution >= 4 is 21.3 Å². The van der Waals surface area contributed by atoms with Crippen LogP contribution in [0.15, 0.2) is 65.8 Å². The lowest BCUT2D eigenvalue weighted by Crippen LogP contribution is -2.46. The Bertz CT molecular complexity index is 1230. The minimum Gasteiger partial charge on any atom is -0.434 e. The fourth-order valence-electron chi connectivity index (χ4n) is 3.65. The number of ether oxygens (including phenoxy) is 1. The van der Waals surface area contributed by atoms with Gasteiger partial charge < -0.3 is 9.64 Å².